The Morgan fingerprint density at radius 3 is 2.55 bits per heavy atom. The number of hydrogen-bond donors (Lipinski definition) is 3. The Kier molecular flexibility index (Phi) is 4.90. The molecule has 7 nitrogen and oxygen atoms in total. The number of amides is 2. The van der Waals surface area contributed by atoms with E-state index < -0.39 is 24.0 Å². The molecule has 0 spiro atoms. The lowest BCUT2D eigenvalue weighted by atomic mass is 10.1. The van der Waals surface area contributed by atoms with Crippen LogP contribution in [0.3, 0.4) is 0 Å². The zero-order valence-electron chi connectivity index (χ0n) is 12.1. The fourth-order valence-electron chi connectivity index (χ4n) is 2.17. The van der Waals surface area contributed by atoms with E-state index in [4.69, 9.17) is 5.73 Å². The molecule has 116 valence electrons. The van der Waals surface area contributed by atoms with Crippen LogP contribution in [0.5, 0.6) is 0 Å². The summed E-state index contributed by atoms with van der Waals surface area (Å²) in [5.41, 5.74) is 6.65. The summed E-state index contributed by atoms with van der Waals surface area (Å²) in [6, 6.07) is 7.72. The van der Waals surface area contributed by atoms with Gasteiger partial charge in [0.05, 0.1) is 6.33 Å². The van der Waals surface area contributed by atoms with Crippen molar-refractivity contribution >= 4 is 17.5 Å². The lowest BCUT2D eigenvalue weighted by molar-refractivity contribution is -0.129. The zero-order chi connectivity index (χ0) is 16.1. The predicted molar refractivity (Wildman–Crippen MR) is 80.9 cm³/mol. The van der Waals surface area contributed by atoms with E-state index in [9.17, 15) is 14.7 Å². The molecule has 2 aromatic rings. The molecule has 0 fully saturated rings. The largest absolute Gasteiger partial charge is 0.384 e. The zero-order valence-corrected chi connectivity index (χ0v) is 12.1. The maximum Gasteiger partial charge on any atom is 0.256 e. The van der Waals surface area contributed by atoms with Gasteiger partial charge < -0.3 is 15.8 Å². The third-order valence-corrected chi connectivity index (χ3v) is 3.24. The van der Waals surface area contributed by atoms with Gasteiger partial charge in [-0.15, -0.1) is 0 Å². The topological polar surface area (TPSA) is 112 Å². The Morgan fingerprint density at radius 1 is 1.36 bits per heavy atom. The first-order valence-electron chi connectivity index (χ1n) is 6.83. The minimum atomic E-state index is -1.25. The van der Waals surface area contributed by atoms with Crippen LogP contribution >= 0.6 is 0 Å². The van der Waals surface area contributed by atoms with Crippen LogP contribution in [-0.4, -0.2) is 39.0 Å². The van der Waals surface area contributed by atoms with Crippen molar-refractivity contribution in [1.82, 2.24) is 9.97 Å². The minimum absolute atomic E-state index is 0.183. The number of carbonyl (C=O) groups is 2. The van der Waals surface area contributed by atoms with Crippen LogP contribution in [0, 0.1) is 0 Å². The maximum absolute atomic E-state index is 12.4. The Morgan fingerprint density at radius 2 is 2.05 bits per heavy atom. The van der Waals surface area contributed by atoms with Crippen LogP contribution in [0.2, 0.25) is 0 Å². The molecule has 1 aromatic heterocycles. The molecule has 0 aliphatic rings. The summed E-state index contributed by atoms with van der Waals surface area (Å²) in [4.78, 5) is 32.2. The molecule has 2 rings (SSSR count). The van der Waals surface area contributed by atoms with Gasteiger partial charge in [0.2, 0.25) is 5.91 Å². The average Bonchev–Trinajstić information content (AvgIpc) is 3.00. The van der Waals surface area contributed by atoms with E-state index in [1.807, 2.05) is 0 Å². The summed E-state index contributed by atoms with van der Waals surface area (Å²) in [5, 5.41) is 9.65. The van der Waals surface area contributed by atoms with Gasteiger partial charge in [-0.3, -0.25) is 14.5 Å². The molecular formula is C15H18N4O3. The Labute approximate surface area is 127 Å². The summed E-state index contributed by atoms with van der Waals surface area (Å²) >= 11 is 0. The highest BCUT2D eigenvalue weighted by atomic mass is 16.3. The molecule has 2 amide bonds. The summed E-state index contributed by atoms with van der Waals surface area (Å²) in [7, 11) is 0. The SMILES string of the molecule is CC(O)C(=O)N(c1ccccc1)[C@@H](Cc1cnc[nH]1)C(N)=O. The summed E-state index contributed by atoms with van der Waals surface area (Å²) in [6.45, 7) is 1.35. The van der Waals surface area contributed by atoms with Gasteiger partial charge in [-0.2, -0.15) is 0 Å². The number of imidazole rings is 1. The fraction of sp³-hybridized carbons (Fsp3) is 0.267. The summed E-state index contributed by atoms with van der Waals surface area (Å²) in [6.07, 6.45) is 1.98. The van der Waals surface area contributed by atoms with Gasteiger partial charge in [-0.05, 0) is 19.1 Å². The van der Waals surface area contributed by atoms with Crippen LogP contribution in [0.25, 0.3) is 0 Å². The number of primary amides is 1. The third kappa shape index (κ3) is 3.50. The fourth-order valence-corrected chi connectivity index (χ4v) is 2.17. The standard InChI is InChI=1S/C15H18N4O3/c1-10(20)15(22)19(12-5-3-2-4-6-12)13(14(16)21)7-11-8-17-9-18-11/h2-6,8-10,13,20H,7H2,1H3,(H2,16,21)(H,17,18)/t10?,13-/m0/s1. The predicted octanol–water partition coefficient (Wildman–Crippen LogP) is 0.220. The maximum atomic E-state index is 12.4. The van der Waals surface area contributed by atoms with Crippen molar-refractivity contribution < 1.29 is 14.7 Å². The molecule has 1 unspecified atom stereocenters. The second-order valence-corrected chi connectivity index (χ2v) is 4.92. The summed E-state index contributed by atoms with van der Waals surface area (Å²) in [5.74, 6) is -1.25. The number of anilines is 1. The van der Waals surface area contributed by atoms with E-state index in [1.54, 1.807) is 36.5 Å². The number of benzene rings is 1. The normalized spacial score (nSPS) is 13.4. The quantitative estimate of drug-likeness (QED) is 0.708. The number of carbonyl (C=O) groups excluding carboxylic acids is 2. The average molecular weight is 302 g/mol. The van der Waals surface area contributed by atoms with E-state index >= 15 is 0 Å². The molecule has 2 atom stereocenters. The van der Waals surface area contributed by atoms with Gasteiger partial charge in [-0.25, -0.2) is 4.98 Å². The number of aromatic amines is 1. The number of rotatable bonds is 6. The molecule has 22 heavy (non-hydrogen) atoms. The van der Waals surface area contributed by atoms with Gasteiger partial charge in [0.1, 0.15) is 12.1 Å². The van der Waals surface area contributed by atoms with E-state index in [0.717, 1.165) is 0 Å². The monoisotopic (exact) mass is 302 g/mol. The third-order valence-electron chi connectivity index (χ3n) is 3.24. The Balaban J connectivity index is 2.40. The number of H-pyrrole nitrogens is 1. The van der Waals surface area contributed by atoms with Crippen molar-refractivity contribution in [2.24, 2.45) is 5.73 Å². The van der Waals surface area contributed by atoms with Crippen LogP contribution in [0.15, 0.2) is 42.9 Å². The number of aromatic nitrogens is 2. The van der Waals surface area contributed by atoms with Crippen molar-refractivity contribution in [3.63, 3.8) is 0 Å². The van der Waals surface area contributed by atoms with Crippen LogP contribution in [0.4, 0.5) is 5.69 Å². The first kappa shape index (κ1) is 15.7. The first-order chi connectivity index (χ1) is 10.5. The van der Waals surface area contributed by atoms with Crippen molar-refractivity contribution in [3.8, 4) is 0 Å². The second-order valence-electron chi connectivity index (χ2n) is 4.92. The highest BCUT2D eigenvalue weighted by molar-refractivity contribution is 6.02. The van der Waals surface area contributed by atoms with Gasteiger partial charge >= 0.3 is 0 Å². The van der Waals surface area contributed by atoms with Gasteiger partial charge in [0.15, 0.2) is 0 Å². The summed E-state index contributed by atoms with van der Waals surface area (Å²) < 4.78 is 0. The van der Waals surface area contributed by atoms with Gasteiger partial charge in [-0.1, -0.05) is 18.2 Å². The molecule has 0 aliphatic carbocycles. The number of aliphatic hydroxyl groups excluding tert-OH is 1. The molecule has 0 saturated carbocycles. The van der Waals surface area contributed by atoms with Gasteiger partial charge in [0, 0.05) is 24.0 Å². The Bertz CT molecular complexity index is 626. The number of para-hydroxylation sites is 1. The number of nitrogens with one attached hydrogen (secondary N) is 1. The number of aliphatic hydroxyl groups is 1. The van der Waals surface area contributed by atoms with Crippen LogP contribution < -0.4 is 10.6 Å². The molecule has 0 aliphatic heterocycles. The number of nitrogens with zero attached hydrogens (tertiary/aromatic N) is 2. The first-order valence-corrected chi connectivity index (χ1v) is 6.83. The van der Waals surface area contributed by atoms with Crippen molar-refractivity contribution in [2.45, 2.75) is 25.5 Å². The minimum Gasteiger partial charge on any atom is -0.384 e. The highest BCUT2D eigenvalue weighted by Crippen LogP contribution is 2.20. The van der Waals surface area contributed by atoms with Crippen molar-refractivity contribution in [3.05, 3.63) is 48.5 Å². The van der Waals surface area contributed by atoms with E-state index in [-0.39, 0.29) is 6.42 Å². The molecule has 0 saturated heterocycles. The molecule has 1 aromatic carbocycles. The van der Waals surface area contributed by atoms with E-state index in [1.165, 1.54) is 18.2 Å². The van der Waals surface area contributed by atoms with Crippen LogP contribution in [0.1, 0.15) is 12.6 Å². The van der Waals surface area contributed by atoms with Crippen molar-refractivity contribution in [1.29, 1.82) is 0 Å². The lowest BCUT2D eigenvalue weighted by Crippen LogP contribution is -2.52. The number of hydrogen-bond acceptors (Lipinski definition) is 4. The molecule has 0 radical (unpaired) electrons. The van der Waals surface area contributed by atoms with Gasteiger partial charge in [0.25, 0.3) is 5.91 Å². The number of nitrogens with two attached hydrogens (primary N) is 1. The molecular weight excluding hydrogens is 284 g/mol. The molecule has 4 N–H and O–H groups in total. The van der Waals surface area contributed by atoms with Crippen molar-refractivity contribution in [2.75, 3.05) is 4.90 Å². The molecule has 0 bridgehead atoms. The van der Waals surface area contributed by atoms with E-state index in [2.05, 4.69) is 9.97 Å². The van der Waals surface area contributed by atoms with E-state index in [0.29, 0.717) is 11.4 Å². The lowest BCUT2D eigenvalue weighted by Gasteiger charge is -2.30. The van der Waals surface area contributed by atoms with Crippen LogP contribution in [-0.2, 0) is 16.0 Å². The second kappa shape index (κ2) is 6.86. The highest BCUT2D eigenvalue weighted by Gasteiger charge is 2.32. The molecule has 7 heteroatoms. The smallest absolute Gasteiger partial charge is 0.256 e. The Hall–Kier alpha value is -2.67. The molecule has 1 heterocycles.